The molecule has 1 atom stereocenters. The Morgan fingerprint density at radius 1 is 0.308 bits per heavy atom. The first-order chi connectivity index (χ1) is 10.8. The zero-order valence-corrected chi connectivity index (χ0v) is 13.4. The molecule has 0 N–H and O–H groups in total. The van der Waals surface area contributed by atoms with Crippen LogP contribution in [0.15, 0.2) is 0 Å². The van der Waals surface area contributed by atoms with Gasteiger partial charge in [0.05, 0.1) is 0 Å². The molecule has 0 aromatic carbocycles. The van der Waals surface area contributed by atoms with Crippen LogP contribution >= 0.6 is 0 Å². The summed E-state index contributed by atoms with van der Waals surface area (Å²) in [6, 6.07) is 0. The van der Waals surface area contributed by atoms with E-state index >= 15 is 0 Å². The first kappa shape index (κ1) is 25.4. The monoisotopic (exact) mass is 496 g/mol. The van der Waals surface area contributed by atoms with Gasteiger partial charge in [-0.2, -0.15) is 0 Å². The van der Waals surface area contributed by atoms with Crippen molar-refractivity contribution < 1.29 is 74.6 Å². The van der Waals surface area contributed by atoms with Crippen LogP contribution in [0, 0.1) is 0 Å². The molecule has 0 aromatic heterocycles. The minimum absolute atomic E-state index is 1.79. The number of halogens is 17. The van der Waals surface area contributed by atoms with Crippen LogP contribution in [0.25, 0.3) is 0 Å². The third-order valence-corrected chi connectivity index (χ3v) is 3.51. The molecule has 0 aromatic rings. The quantitative estimate of drug-likeness (QED) is 0.373. The average Bonchev–Trinajstić information content (AvgIpc) is 2.34. The molecule has 0 heterocycles. The molecule has 0 aliphatic rings. The van der Waals surface area contributed by atoms with Crippen molar-refractivity contribution in [1.82, 2.24) is 0 Å². The van der Waals surface area contributed by atoms with Crippen molar-refractivity contribution in [3.05, 3.63) is 0 Å². The summed E-state index contributed by atoms with van der Waals surface area (Å²) in [6.07, 6.45) is -7.73. The van der Waals surface area contributed by atoms with Crippen LogP contribution in [0.3, 0.4) is 0 Å². The summed E-state index contributed by atoms with van der Waals surface area (Å²) >= 11 is -1.79. The van der Waals surface area contributed by atoms with Crippen molar-refractivity contribution in [2.24, 2.45) is 0 Å². The van der Waals surface area contributed by atoms with Gasteiger partial charge in [-0.15, -0.1) is 0 Å². The first-order valence-corrected chi connectivity index (χ1v) is 6.46. The molecule has 0 saturated heterocycles. The summed E-state index contributed by atoms with van der Waals surface area (Å²) in [5.41, 5.74) is 0. The molecule has 158 valence electrons. The topological polar surface area (TPSA) is 0 Å². The minimum atomic E-state index is -8.55. The number of alkyl halides is 17. The van der Waals surface area contributed by atoms with Gasteiger partial charge >= 0.3 is 138 Å². The van der Waals surface area contributed by atoms with Crippen LogP contribution in [0.5, 0.6) is 0 Å². The molecule has 0 saturated carbocycles. The number of hydrogen-bond donors (Lipinski definition) is 0. The van der Waals surface area contributed by atoms with E-state index in [0.717, 1.165) is 0 Å². The van der Waals surface area contributed by atoms with Crippen LogP contribution < -0.4 is 0 Å². The van der Waals surface area contributed by atoms with Crippen LogP contribution in [-0.4, -0.2) is 63.3 Å². The predicted octanol–water partition coefficient (Wildman–Crippen LogP) is 4.59. The fraction of sp³-hybridized carbons (Fsp3) is 1.00. The maximum absolute atomic E-state index is 12.9. The summed E-state index contributed by atoms with van der Waals surface area (Å²) in [7, 11) is 0. The van der Waals surface area contributed by atoms with E-state index in [-0.39, 0.29) is 0 Å². The van der Waals surface area contributed by atoms with Crippen molar-refractivity contribution in [3.8, 4) is 0 Å². The van der Waals surface area contributed by atoms with Crippen LogP contribution in [0.2, 0.25) is 0 Å². The molecule has 0 spiro atoms. The van der Waals surface area contributed by atoms with Gasteiger partial charge in [-0.05, 0) is 0 Å². The molecule has 0 aliphatic carbocycles. The van der Waals surface area contributed by atoms with E-state index in [1.54, 1.807) is 0 Å². The van der Waals surface area contributed by atoms with E-state index in [1.165, 1.54) is 0 Å². The normalized spacial score (nSPS) is 16.8. The molecular weight excluding hydrogens is 494 g/mol. The molecule has 0 fully saturated rings. The Labute approximate surface area is 139 Å². The SMILES string of the molecule is FC(F)(F)C(F)(F)C(F)(F)C(F)(F)C(F)(F)C(F)(F)C(F)(F)C(F)(F)[AsH2]. The molecule has 0 nitrogen and oxygen atoms in total. The Kier molecular flexibility index (Phi) is 5.79. The second kappa shape index (κ2) is 5.93. The summed E-state index contributed by atoms with van der Waals surface area (Å²) < 4.78 is 207. The average molecular weight is 496 g/mol. The maximum atomic E-state index is 12.9. The molecule has 0 radical (unpaired) electrons. The van der Waals surface area contributed by atoms with Crippen molar-refractivity contribution in [3.63, 3.8) is 0 Å². The summed E-state index contributed by atoms with van der Waals surface area (Å²) in [5, 5.41) is 0. The van der Waals surface area contributed by atoms with Crippen LogP contribution in [0.1, 0.15) is 0 Å². The van der Waals surface area contributed by atoms with E-state index in [0.29, 0.717) is 0 Å². The van der Waals surface area contributed by atoms with Crippen molar-refractivity contribution >= 4 is 16.9 Å². The Morgan fingerprint density at radius 2 is 0.500 bits per heavy atom. The Morgan fingerprint density at radius 3 is 0.692 bits per heavy atom. The summed E-state index contributed by atoms with van der Waals surface area (Å²) in [5.74, 6) is -49.3. The van der Waals surface area contributed by atoms with E-state index in [1.807, 2.05) is 0 Å². The molecule has 0 bridgehead atoms. The molecule has 1 unspecified atom stereocenters. The van der Waals surface area contributed by atoms with Gasteiger partial charge in [0.1, 0.15) is 0 Å². The molecular formula is C8H2AsF17. The fourth-order valence-corrected chi connectivity index (χ4v) is 1.56. The Bertz CT molecular complexity index is 474. The van der Waals surface area contributed by atoms with Gasteiger partial charge < -0.3 is 0 Å². The number of rotatable bonds is 6. The van der Waals surface area contributed by atoms with Gasteiger partial charge in [0.2, 0.25) is 0 Å². The third-order valence-electron chi connectivity index (χ3n) is 2.75. The molecule has 26 heavy (non-hydrogen) atoms. The van der Waals surface area contributed by atoms with Crippen LogP contribution in [-0.2, 0) is 0 Å². The van der Waals surface area contributed by atoms with Gasteiger partial charge in [0.25, 0.3) is 0 Å². The Balaban J connectivity index is 6.61. The molecule has 0 aliphatic heterocycles. The third kappa shape index (κ3) is 3.01. The zero-order chi connectivity index (χ0) is 22.0. The van der Waals surface area contributed by atoms with E-state index in [9.17, 15) is 74.6 Å². The van der Waals surface area contributed by atoms with E-state index < -0.39 is 63.3 Å². The fourth-order valence-electron chi connectivity index (χ4n) is 1.18. The zero-order valence-electron chi connectivity index (χ0n) is 11.0. The van der Waals surface area contributed by atoms with Gasteiger partial charge in [0.15, 0.2) is 0 Å². The first-order valence-electron chi connectivity index (χ1n) is 5.25. The molecule has 0 amide bonds. The van der Waals surface area contributed by atoms with Crippen molar-refractivity contribution in [1.29, 1.82) is 0 Å². The Hall–Kier alpha value is -0.632. The summed E-state index contributed by atoms with van der Waals surface area (Å²) in [4.78, 5) is 0. The van der Waals surface area contributed by atoms with Crippen molar-refractivity contribution in [2.45, 2.75) is 46.4 Å². The number of hydrogen-bond acceptors (Lipinski definition) is 0. The van der Waals surface area contributed by atoms with Gasteiger partial charge in [0, 0.05) is 0 Å². The summed E-state index contributed by atoms with van der Waals surface area (Å²) in [6.45, 7) is 0. The standard InChI is InChI=1S/C8H2AsF17/c9-7(22,23)5(18,19)3(14,15)1(10,11)2(12,13)4(16,17)6(20,21)8(24,25)26/h9H2. The predicted molar refractivity (Wildman–Crippen MR) is 49.2 cm³/mol. The second-order valence-electron chi connectivity index (χ2n) is 4.57. The van der Waals surface area contributed by atoms with E-state index in [4.69, 9.17) is 0 Å². The molecule has 0 rings (SSSR count). The van der Waals surface area contributed by atoms with Gasteiger partial charge in [-0.3, -0.25) is 0 Å². The second-order valence-corrected chi connectivity index (χ2v) is 6.09. The van der Waals surface area contributed by atoms with Gasteiger partial charge in [-0.25, -0.2) is 0 Å². The van der Waals surface area contributed by atoms with Crippen molar-refractivity contribution in [2.75, 3.05) is 0 Å². The molecule has 18 heteroatoms. The van der Waals surface area contributed by atoms with Gasteiger partial charge in [-0.1, -0.05) is 0 Å². The van der Waals surface area contributed by atoms with E-state index in [2.05, 4.69) is 0 Å². The van der Waals surface area contributed by atoms with Crippen LogP contribution in [0.4, 0.5) is 74.6 Å².